The van der Waals surface area contributed by atoms with Gasteiger partial charge in [0.1, 0.15) is 0 Å². The van der Waals surface area contributed by atoms with E-state index in [0.29, 0.717) is 23.8 Å². The van der Waals surface area contributed by atoms with Gasteiger partial charge in [0.25, 0.3) is 15.9 Å². The first-order chi connectivity index (χ1) is 13.8. The van der Waals surface area contributed by atoms with Crippen molar-refractivity contribution in [2.45, 2.75) is 37.6 Å². The number of sulfonamides is 1. The van der Waals surface area contributed by atoms with Gasteiger partial charge in [-0.1, -0.05) is 25.1 Å². The molecule has 156 valence electrons. The third kappa shape index (κ3) is 5.81. The summed E-state index contributed by atoms with van der Waals surface area (Å²) in [6.07, 6.45) is 2.41. The van der Waals surface area contributed by atoms with E-state index in [1.54, 1.807) is 42.5 Å². The molecule has 2 aromatic carbocycles. The van der Waals surface area contributed by atoms with Crippen LogP contribution < -0.4 is 10.0 Å². The van der Waals surface area contributed by atoms with Crippen LogP contribution in [0.25, 0.3) is 0 Å². The molecule has 1 heterocycles. The summed E-state index contributed by atoms with van der Waals surface area (Å²) in [5.74, 6) is 0.630. The highest BCUT2D eigenvalue weighted by Gasteiger charge is 2.21. The molecule has 1 fully saturated rings. The van der Waals surface area contributed by atoms with Crippen molar-refractivity contribution in [2.75, 3.05) is 24.4 Å². The molecule has 1 unspecified atom stereocenters. The van der Waals surface area contributed by atoms with E-state index < -0.39 is 10.0 Å². The van der Waals surface area contributed by atoms with E-state index in [0.717, 1.165) is 19.0 Å². The zero-order valence-corrected chi connectivity index (χ0v) is 17.8. The van der Waals surface area contributed by atoms with E-state index >= 15 is 0 Å². The molecule has 1 atom stereocenters. The molecule has 1 aliphatic heterocycles. The molecular formula is C22H29N3O3S. The van der Waals surface area contributed by atoms with E-state index in [1.807, 2.05) is 0 Å². The SMILES string of the molecule is CC1CCN(C(C)CNC(=O)c2ccc(NS(=O)(=O)c3ccccc3)cc2)CC1. The number of piperidine rings is 1. The number of benzene rings is 2. The molecule has 0 radical (unpaired) electrons. The fraction of sp³-hybridized carbons (Fsp3) is 0.409. The predicted octanol–water partition coefficient (Wildman–Crippen LogP) is 3.34. The summed E-state index contributed by atoms with van der Waals surface area (Å²) in [5.41, 5.74) is 0.924. The number of hydrogen-bond acceptors (Lipinski definition) is 4. The van der Waals surface area contributed by atoms with Gasteiger partial charge in [-0.25, -0.2) is 8.42 Å². The number of hydrogen-bond donors (Lipinski definition) is 2. The molecule has 0 saturated carbocycles. The second-order valence-corrected chi connectivity index (χ2v) is 9.46. The van der Waals surface area contributed by atoms with E-state index in [2.05, 4.69) is 28.8 Å². The fourth-order valence-electron chi connectivity index (χ4n) is 3.44. The van der Waals surface area contributed by atoms with Crippen molar-refractivity contribution < 1.29 is 13.2 Å². The zero-order valence-electron chi connectivity index (χ0n) is 17.0. The minimum atomic E-state index is -3.64. The highest BCUT2D eigenvalue weighted by molar-refractivity contribution is 7.92. The van der Waals surface area contributed by atoms with Gasteiger partial charge in [0.15, 0.2) is 0 Å². The number of carbonyl (C=O) groups is 1. The van der Waals surface area contributed by atoms with E-state index in [9.17, 15) is 13.2 Å². The Morgan fingerprint density at radius 3 is 2.31 bits per heavy atom. The van der Waals surface area contributed by atoms with Gasteiger partial charge in [-0.15, -0.1) is 0 Å². The van der Waals surface area contributed by atoms with Crippen molar-refractivity contribution in [3.05, 3.63) is 60.2 Å². The summed E-state index contributed by atoms with van der Waals surface area (Å²) in [6, 6.07) is 14.9. The van der Waals surface area contributed by atoms with Crippen LogP contribution in [0.5, 0.6) is 0 Å². The van der Waals surface area contributed by atoms with Gasteiger partial charge in [-0.05, 0) is 75.2 Å². The summed E-state index contributed by atoms with van der Waals surface area (Å²) in [5, 5.41) is 2.98. The van der Waals surface area contributed by atoms with E-state index in [4.69, 9.17) is 0 Å². The second-order valence-electron chi connectivity index (χ2n) is 7.77. The molecule has 0 bridgehead atoms. The van der Waals surface area contributed by atoms with E-state index in [-0.39, 0.29) is 10.8 Å². The van der Waals surface area contributed by atoms with Crippen LogP contribution in [0.15, 0.2) is 59.5 Å². The van der Waals surface area contributed by atoms with Crippen LogP contribution in [-0.2, 0) is 10.0 Å². The van der Waals surface area contributed by atoms with Crippen LogP contribution in [0.3, 0.4) is 0 Å². The molecule has 1 saturated heterocycles. The molecule has 1 aliphatic rings. The van der Waals surface area contributed by atoms with Gasteiger partial charge < -0.3 is 5.32 Å². The highest BCUT2D eigenvalue weighted by atomic mass is 32.2. The molecule has 7 heteroatoms. The molecular weight excluding hydrogens is 386 g/mol. The molecule has 0 aliphatic carbocycles. The summed E-state index contributed by atoms with van der Waals surface area (Å²) in [4.78, 5) is 15.0. The Labute approximate surface area is 173 Å². The lowest BCUT2D eigenvalue weighted by atomic mass is 9.98. The number of nitrogens with one attached hydrogen (secondary N) is 2. The van der Waals surface area contributed by atoms with Crippen molar-refractivity contribution in [2.24, 2.45) is 5.92 Å². The van der Waals surface area contributed by atoms with Crippen molar-refractivity contribution in [1.29, 1.82) is 0 Å². The molecule has 0 aromatic heterocycles. The van der Waals surface area contributed by atoms with Crippen molar-refractivity contribution in [3.8, 4) is 0 Å². The Morgan fingerprint density at radius 1 is 1.07 bits per heavy atom. The fourth-order valence-corrected chi connectivity index (χ4v) is 4.52. The van der Waals surface area contributed by atoms with Crippen molar-refractivity contribution >= 4 is 21.6 Å². The zero-order chi connectivity index (χ0) is 20.9. The minimum absolute atomic E-state index is 0.153. The van der Waals surface area contributed by atoms with Crippen LogP contribution in [0.4, 0.5) is 5.69 Å². The summed E-state index contributed by atoms with van der Waals surface area (Å²) < 4.78 is 27.3. The van der Waals surface area contributed by atoms with Crippen molar-refractivity contribution in [3.63, 3.8) is 0 Å². The number of amides is 1. The average molecular weight is 416 g/mol. The van der Waals surface area contributed by atoms with Crippen LogP contribution in [-0.4, -0.2) is 44.9 Å². The largest absolute Gasteiger partial charge is 0.350 e. The number of rotatable bonds is 7. The number of likely N-dealkylation sites (tertiary alicyclic amines) is 1. The molecule has 2 N–H and O–H groups in total. The van der Waals surface area contributed by atoms with Gasteiger partial charge in [0.05, 0.1) is 4.90 Å². The Hall–Kier alpha value is -2.38. The standard InChI is InChI=1S/C22H29N3O3S/c1-17-12-14-25(15-13-17)18(2)16-23-22(26)19-8-10-20(11-9-19)24-29(27,28)21-6-4-3-5-7-21/h3-11,17-18,24H,12-16H2,1-2H3,(H,23,26). The Kier molecular flexibility index (Phi) is 6.92. The smallest absolute Gasteiger partial charge is 0.261 e. The first-order valence-electron chi connectivity index (χ1n) is 10.1. The van der Waals surface area contributed by atoms with Gasteiger partial charge in [0.2, 0.25) is 0 Å². The minimum Gasteiger partial charge on any atom is -0.350 e. The van der Waals surface area contributed by atoms with Gasteiger partial charge in [-0.3, -0.25) is 14.4 Å². The third-order valence-corrected chi connectivity index (χ3v) is 6.85. The number of carbonyl (C=O) groups excluding carboxylic acids is 1. The maximum Gasteiger partial charge on any atom is 0.261 e. The van der Waals surface area contributed by atoms with Gasteiger partial charge in [0, 0.05) is 23.8 Å². The first kappa shape index (κ1) is 21.3. The van der Waals surface area contributed by atoms with Crippen LogP contribution >= 0.6 is 0 Å². The normalized spacial score (nSPS) is 16.9. The molecule has 29 heavy (non-hydrogen) atoms. The summed E-state index contributed by atoms with van der Waals surface area (Å²) in [7, 11) is -3.64. The summed E-state index contributed by atoms with van der Waals surface area (Å²) in [6.45, 7) is 7.17. The predicted molar refractivity (Wildman–Crippen MR) is 115 cm³/mol. The lowest BCUT2D eigenvalue weighted by Crippen LogP contribution is -2.45. The number of nitrogens with zero attached hydrogens (tertiary/aromatic N) is 1. The first-order valence-corrected chi connectivity index (χ1v) is 11.5. The van der Waals surface area contributed by atoms with E-state index in [1.165, 1.54) is 25.0 Å². The highest BCUT2D eigenvalue weighted by Crippen LogP contribution is 2.18. The van der Waals surface area contributed by atoms with Gasteiger partial charge in [-0.2, -0.15) is 0 Å². The number of anilines is 1. The lowest BCUT2D eigenvalue weighted by Gasteiger charge is -2.35. The molecule has 1 amide bonds. The molecule has 3 rings (SSSR count). The quantitative estimate of drug-likeness (QED) is 0.727. The molecule has 0 spiro atoms. The van der Waals surface area contributed by atoms with Crippen LogP contribution in [0.1, 0.15) is 37.0 Å². The van der Waals surface area contributed by atoms with Crippen LogP contribution in [0, 0.1) is 5.92 Å². The monoisotopic (exact) mass is 415 g/mol. The van der Waals surface area contributed by atoms with Gasteiger partial charge >= 0.3 is 0 Å². The second kappa shape index (κ2) is 9.41. The van der Waals surface area contributed by atoms with Crippen LogP contribution in [0.2, 0.25) is 0 Å². The summed E-state index contributed by atoms with van der Waals surface area (Å²) >= 11 is 0. The maximum atomic E-state index is 12.4. The maximum absolute atomic E-state index is 12.4. The third-order valence-electron chi connectivity index (χ3n) is 5.45. The molecule has 6 nitrogen and oxygen atoms in total. The average Bonchev–Trinajstić information content (AvgIpc) is 2.73. The Bertz CT molecular complexity index is 906. The lowest BCUT2D eigenvalue weighted by molar-refractivity contribution is 0.0921. The Morgan fingerprint density at radius 2 is 1.69 bits per heavy atom. The Balaban J connectivity index is 1.53. The van der Waals surface area contributed by atoms with Crippen molar-refractivity contribution in [1.82, 2.24) is 10.2 Å². The topological polar surface area (TPSA) is 78.5 Å². The molecule has 2 aromatic rings.